The molecule has 1 saturated heterocycles. The van der Waals surface area contributed by atoms with Crippen LogP contribution in [0, 0.1) is 11.9 Å². The molecule has 51 valence electrons. The lowest BCUT2D eigenvalue weighted by Crippen LogP contribution is -1.81. The van der Waals surface area contributed by atoms with E-state index in [1.54, 1.807) is 6.07 Å². The fraction of sp³-hybridized carbons (Fsp3) is 0.250. The third-order valence-electron chi connectivity index (χ3n) is 1.47. The molecule has 0 aromatic heterocycles. The minimum atomic E-state index is -0.218. The van der Waals surface area contributed by atoms with Crippen LogP contribution >= 0.6 is 0 Å². The van der Waals surface area contributed by atoms with Gasteiger partial charge in [0.2, 0.25) is 0 Å². The Morgan fingerprint density at radius 3 is 3.10 bits per heavy atom. The molecule has 0 aliphatic carbocycles. The number of hydrogen-bond acceptors (Lipinski definition) is 1. The van der Waals surface area contributed by atoms with Crippen LogP contribution in [0.4, 0.5) is 4.39 Å². The molecule has 2 rings (SSSR count). The van der Waals surface area contributed by atoms with E-state index < -0.39 is 0 Å². The van der Waals surface area contributed by atoms with Crippen LogP contribution in [0.3, 0.4) is 0 Å². The van der Waals surface area contributed by atoms with Crippen LogP contribution in [0.5, 0.6) is 0 Å². The zero-order valence-electron chi connectivity index (χ0n) is 5.30. The Hall–Kier alpha value is -0.890. The summed E-state index contributed by atoms with van der Waals surface area (Å²) in [6.07, 6.45) is 0.107. The molecular formula is C8H6FO. The van der Waals surface area contributed by atoms with Gasteiger partial charge >= 0.3 is 0 Å². The summed E-state index contributed by atoms with van der Waals surface area (Å²) in [5.41, 5.74) is 0.819. The largest absolute Gasteiger partial charge is 0.368 e. The van der Waals surface area contributed by atoms with Crippen molar-refractivity contribution in [2.75, 3.05) is 6.61 Å². The standard InChI is InChI=1S/C8H6FO/c9-7-3-1-2-6(4-7)8-5-10-8/h1,3-4,8H,5H2/t8-/m1/s1. The highest BCUT2D eigenvalue weighted by Crippen LogP contribution is 2.29. The molecule has 1 fully saturated rings. The predicted molar refractivity (Wildman–Crippen MR) is 33.9 cm³/mol. The lowest BCUT2D eigenvalue weighted by Gasteiger charge is -1.92. The summed E-state index contributed by atoms with van der Waals surface area (Å²) in [4.78, 5) is 0. The van der Waals surface area contributed by atoms with Crippen molar-refractivity contribution in [2.45, 2.75) is 6.10 Å². The van der Waals surface area contributed by atoms with Crippen LogP contribution in [0.2, 0.25) is 0 Å². The van der Waals surface area contributed by atoms with E-state index in [0.717, 1.165) is 5.56 Å². The lowest BCUT2D eigenvalue weighted by molar-refractivity contribution is 0.414. The molecule has 1 atom stereocenters. The molecule has 0 unspecified atom stereocenters. The van der Waals surface area contributed by atoms with Gasteiger partial charge in [-0.15, -0.1) is 0 Å². The Labute approximate surface area is 58.4 Å². The van der Waals surface area contributed by atoms with E-state index in [4.69, 9.17) is 4.74 Å². The average molecular weight is 137 g/mol. The van der Waals surface area contributed by atoms with Gasteiger partial charge in [-0.05, 0) is 23.8 Å². The molecule has 0 N–H and O–H groups in total. The van der Waals surface area contributed by atoms with Gasteiger partial charge in [0.05, 0.1) is 6.61 Å². The summed E-state index contributed by atoms with van der Waals surface area (Å²) in [5.74, 6) is -0.218. The maximum atomic E-state index is 12.5. The van der Waals surface area contributed by atoms with Gasteiger partial charge in [0.1, 0.15) is 11.9 Å². The van der Waals surface area contributed by atoms with Gasteiger partial charge < -0.3 is 4.74 Å². The van der Waals surface area contributed by atoms with Crippen LogP contribution in [0.25, 0.3) is 0 Å². The van der Waals surface area contributed by atoms with Crippen molar-refractivity contribution in [1.82, 2.24) is 0 Å². The normalized spacial score (nSPS) is 22.7. The Morgan fingerprint density at radius 1 is 1.70 bits per heavy atom. The maximum Gasteiger partial charge on any atom is 0.123 e. The fourth-order valence-corrected chi connectivity index (χ4v) is 0.869. The molecule has 1 nitrogen and oxygen atoms in total. The van der Waals surface area contributed by atoms with Crippen molar-refractivity contribution in [2.24, 2.45) is 0 Å². The fourth-order valence-electron chi connectivity index (χ4n) is 0.869. The number of benzene rings is 1. The molecule has 1 radical (unpaired) electrons. The predicted octanol–water partition coefficient (Wildman–Crippen LogP) is 1.70. The second-order valence-corrected chi connectivity index (χ2v) is 2.28. The Balaban J connectivity index is 2.32. The van der Waals surface area contributed by atoms with Crippen molar-refractivity contribution >= 4 is 0 Å². The zero-order valence-corrected chi connectivity index (χ0v) is 5.30. The molecule has 1 aromatic carbocycles. The minimum absolute atomic E-state index is 0.107. The van der Waals surface area contributed by atoms with Crippen LogP contribution in [0.1, 0.15) is 11.7 Å². The highest BCUT2D eigenvalue weighted by Gasteiger charge is 2.24. The monoisotopic (exact) mass is 137 g/mol. The van der Waals surface area contributed by atoms with E-state index in [1.165, 1.54) is 12.1 Å². The molecule has 10 heavy (non-hydrogen) atoms. The summed E-state index contributed by atoms with van der Waals surface area (Å²) in [6.45, 7) is 0.708. The average Bonchev–Trinajstić information content (AvgIpc) is 2.68. The van der Waals surface area contributed by atoms with E-state index in [0.29, 0.717) is 6.61 Å². The summed E-state index contributed by atoms with van der Waals surface area (Å²) < 4.78 is 17.4. The minimum Gasteiger partial charge on any atom is -0.368 e. The molecule has 0 spiro atoms. The topological polar surface area (TPSA) is 12.5 Å². The van der Waals surface area contributed by atoms with Gasteiger partial charge in [-0.25, -0.2) is 4.39 Å². The van der Waals surface area contributed by atoms with Crippen molar-refractivity contribution in [1.29, 1.82) is 0 Å². The number of hydrogen-bond donors (Lipinski definition) is 0. The molecule has 2 heteroatoms. The van der Waals surface area contributed by atoms with Crippen LogP contribution in [0.15, 0.2) is 18.2 Å². The zero-order chi connectivity index (χ0) is 6.97. The molecule has 1 aliphatic rings. The highest BCUT2D eigenvalue weighted by atomic mass is 19.1. The van der Waals surface area contributed by atoms with Crippen molar-refractivity contribution in [3.8, 4) is 0 Å². The molecule has 1 heterocycles. The van der Waals surface area contributed by atoms with Gasteiger partial charge in [0.25, 0.3) is 0 Å². The van der Waals surface area contributed by atoms with Gasteiger partial charge in [0.15, 0.2) is 0 Å². The van der Waals surface area contributed by atoms with E-state index in [-0.39, 0.29) is 11.9 Å². The van der Waals surface area contributed by atoms with E-state index in [9.17, 15) is 4.39 Å². The van der Waals surface area contributed by atoms with Gasteiger partial charge in [-0.3, -0.25) is 0 Å². The van der Waals surface area contributed by atoms with E-state index in [2.05, 4.69) is 6.07 Å². The molecule has 0 amide bonds. The summed E-state index contributed by atoms with van der Waals surface area (Å²) in [7, 11) is 0. The maximum absolute atomic E-state index is 12.5. The first-order chi connectivity index (χ1) is 4.86. The first-order valence-corrected chi connectivity index (χ1v) is 3.15. The van der Waals surface area contributed by atoms with Gasteiger partial charge in [0, 0.05) is 0 Å². The Bertz CT molecular complexity index is 243. The first kappa shape index (κ1) is 5.86. The van der Waals surface area contributed by atoms with Crippen molar-refractivity contribution < 1.29 is 9.13 Å². The number of rotatable bonds is 1. The lowest BCUT2D eigenvalue weighted by atomic mass is 10.2. The third-order valence-corrected chi connectivity index (χ3v) is 1.47. The van der Waals surface area contributed by atoms with Gasteiger partial charge in [-0.2, -0.15) is 0 Å². The summed E-state index contributed by atoms with van der Waals surface area (Å²) >= 11 is 0. The first-order valence-electron chi connectivity index (χ1n) is 3.15. The van der Waals surface area contributed by atoms with Gasteiger partial charge in [-0.1, -0.05) is 6.07 Å². The Morgan fingerprint density at radius 2 is 2.50 bits per heavy atom. The van der Waals surface area contributed by atoms with Crippen molar-refractivity contribution in [3.05, 3.63) is 35.6 Å². The van der Waals surface area contributed by atoms with E-state index in [1.807, 2.05) is 0 Å². The smallest absolute Gasteiger partial charge is 0.123 e. The molecule has 1 aliphatic heterocycles. The quantitative estimate of drug-likeness (QED) is 0.536. The number of ether oxygens (including phenoxy) is 1. The summed E-state index contributed by atoms with van der Waals surface area (Å²) in [5, 5.41) is 0. The van der Waals surface area contributed by atoms with Crippen LogP contribution in [-0.4, -0.2) is 6.61 Å². The van der Waals surface area contributed by atoms with Crippen LogP contribution < -0.4 is 0 Å². The van der Waals surface area contributed by atoms with Crippen molar-refractivity contribution in [3.63, 3.8) is 0 Å². The SMILES string of the molecule is Fc1cc[c]c([C@H]2CO2)c1. The molecule has 0 bridgehead atoms. The Kier molecular flexibility index (Phi) is 1.21. The summed E-state index contributed by atoms with van der Waals surface area (Å²) in [6, 6.07) is 7.32. The second-order valence-electron chi connectivity index (χ2n) is 2.28. The van der Waals surface area contributed by atoms with E-state index >= 15 is 0 Å². The van der Waals surface area contributed by atoms with Crippen LogP contribution in [-0.2, 0) is 4.74 Å². The highest BCUT2D eigenvalue weighted by molar-refractivity contribution is 5.19. The number of halogens is 1. The molecule has 1 aromatic rings. The molecular weight excluding hydrogens is 131 g/mol. The third kappa shape index (κ3) is 1.02. The molecule has 0 saturated carbocycles. The second kappa shape index (κ2) is 2.06. The number of epoxide rings is 1.